The van der Waals surface area contributed by atoms with Crippen molar-refractivity contribution < 1.29 is 9.59 Å². The minimum absolute atomic E-state index is 0.0307. The molecule has 1 heterocycles. The van der Waals surface area contributed by atoms with Crippen molar-refractivity contribution in [2.24, 2.45) is 5.92 Å². The number of aryl methyl sites for hydroxylation is 1. The summed E-state index contributed by atoms with van der Waals surface area (Å²) in [5, 5.41) is 13.3. The Balaban J connectivity index is 1.58. The molecule has 1 saturated carbocycles. The van der Waals surface area contributed by atoms with Crippen molar-refractivity contribution in [1.29, 1.82) is 0 Å². The molecule has 0 atom stereocenters. The van der Waals surface area contributed by atoms with Crippen molar-refractivity contribution in [3.8, 4) is 0 Å². The molecule has 1 aromatic heterocycles. The fourth-order valence-corrected chi connectivity index (χ4v) is 2.23. The van der Waals surface area contributed by atoms with E-state index in [-0.39, 0.29) is 24.3 Å². The number of nitrogens with one attached hydrogen (secondary N) is 2. The van der Waals surface area contributed by atoms with Crippen molar-refractivity contribution >= 4 is 23.3 Å². The molecule has 2 amide bonds. The zero-order chi connectivity index (χ0) is 16.4. The fourth-order valence-electron chi connectivity index (χ4n) is 2.23. The molecule has 23 heavy (non-hydrogen) atoms. The SMILES string of the molecule is Cc1cccc(NC(=O)Cn2cc(NC(=O)C3CC3)nn2)c1C. The van der Waals surface area contributed by atoms with Crippen LogP contribution in [0.2, 0.25) is 0 Å². The first-order chi connectivity index (χ1) is 11.0. The van der Waals surface area contributed by atoms with Gasteiger partial charge < -0.3 is 10.6 Å². The van der Waals surface area contributed by atoms with E-state index in [2.05, 4.69) is 20.9 Å². The first kappa shape index (κ1) is 15.2. The zero-order valence-corrected chi connectivity index (χ0v) is 13.2. The third kappa shape index (κ3) is 3.74. The molecule has 120 valence electrons. The highest BCUT2D eigenvalue weighted by Crippen LogP contribution is 2.29. The Morgan fingerprint density at radius 1 is 1.26 bits per heavy atom. The maximum absolute atomic E-state index is 12.1. The van der Waals surface area contributed by atoms with Crippen LogP contribution < -0.4 is 10.6 Å². The van der Waals surface area contributed by atoms with Gasteiger partial charge in [0.15, 0.2) is 5.82 Å². The summed E-state index contributed by atoms with van der Waals surface area (Å²) in [5.41, 5.74) is 2.95. The number of benzene rings is 1. The van der Waals surface area contributed by atoms with Gasteiger partial charge in [-0.3, -0.25) is 9.59 Å². The first-order valence-electron chi connectivity index (χ1n) is 7.60. The van der Waals surface area contributed by atoms with E-state index >= 15 is 0 Å². The number of aromatic nitrogens is 3. The third-order valence-electron chi connectivity index (χ3n) is 3.92. The summed E-state index contributed by atoms with van der Waals surface area (Å²) in [4.78, 5) is 23.8. The van der Waals surface area contributed by atoms with Crippen LogP contribution in [0, 0.1) is 19.8 Å². The van der Waals surface area contributed by atoms with Gasteiger partial charge in [0.1, 0.15) is 6.54 Å². The van der Waals surface area contributed by atoms with Gasteiger partial charge >= 0.3 is 0 Å². The summed E-state index contributed by atoms with van der Waals surface area (Å²) >= 11 is 0. The Labute approximate surface area is 134 Å². The van der Waals surface area contributed by atoms with E-state index in [1.807, 2.05) is 32.0 Å². The van der Waals surface area contributed by atoms with Gasteiger partial charge in [-0.15, -0.1) is 5.10 Å². The van der Waals surface area contributed by atoms with Gasteiger partial charge in [0.2, 0.25) is 11.8 Å². The Bertz CT molecular complexity index is 749. The molecular formula is C16H19N5O2. The molecule has 0 radical (unpaired) electrons. The lowest BCUT2D eigenvalue weighted by Gasteiger charge is -2.10. The van der Waals surface area contributed by atoms with Crippen LogP contribution in [0.15, 0.2) is 24.4 Å². The lowest BCUT2D eigenvalue weighted by atomic mass is 10.1. The van der Waals surface area contributed by atoms with Crippen LogP contribution >= 0.6 is 0 Å². The molecule has 0 aliphatic heterocycles. The van der Waals surface area contributed by atoms with Crippen molar-refractivity contribution in [3.63, 3.8) is 0 Å². The maximum Gasteiger partial charge on any atom is 0.246 e. The molecule has 2 N–H and O–H groups in total. The lowest BCUT2D eigenvalue weighted by Crippen LogP contribution is -2.19. The van der Waals surface area contributed by atoms with Crippen molar-refractivity contribution in [1.82, 2.24) is 15.0 Å². The molecular weight excluding hydrogens is 294 g/mol. The molecule has 7 nitrogen and oxygen atoms in total. The largest absolute Gasteiger partial charge is 0.324 e. The Morgan fingerprint density at radius 3 is 2.78 bits per heavy atom. The normalized spacial score (nSPS) is 13.7. The van der Waals surface area contributed by atoms with Gasteiger partial charge in [0.05, 0.1) is 6.20 Å². The minimum atomic E-state index is -0.191. The number of rotatable bonds is 5. The first-order valence-corrected chi connectivity index (χ1v) is 7.60. The number of hydrogen-bond acceptors (Lipinski definition) is 4. The highest BCUT2D eigenvalue weighted by atomic mass is 16.2. The molecule has 3 rings (SSSR count). The molecule has 0 saturated heterocycles. The van der Waals surface area contributed by atoms with E-state index in [1.165, 1.54) is 4.68 Å². The number of anilines is 2. The highest BCUT2D eigenvalue weighted by Gasteiger charge is 2.30. The van der Waals surface area contributed by atoms with Gasteiger partial charge in [0.25, 0.3) is 0 Å². The van der Waals surface area contributed by atoms with Gasteiger partial charge in [0, 0.05) is 11.6 Å². The Kier molecular flexibility index (Phi) is 4.10. The van der Waals surface area contributed by atoms with Crippen LogP contribution in [0.25, 0.3) is 0 Å². The Morgan fingerprint density at radius 2 is 2.04 bits per heavy atom. The topological polar surface area (TPSA) is 88.9 Å². The Hall–Kier alpha value is -2.70. The summed E-state index contributed by atoms with van der Waals surface area (Å²) in [7, 11) is 0. The van der Waals surface area contributed by atoms with Gasteiger partial charge in [-0.25, -0.2) is 4.68 Å². The standard InChI is InChI=1S/C16H19N5O2/c1-10-4-3-5-13(11(10)2)17-15(22)9-21-8-14(19-20-21)18-16(23)12-6-7-12/h3-5,8,12H,6-7,9H2,1-2H3,(H,17,22)(H,18,23). The average Bonchev–Trinajstić information content (AvgIpc) is 3.27. The van der Waals surface area contributed by atoms with Crippen LogP contribution in [0.1, 0.15) is 24.0 Å². The van der Waals surface area contributed by atoms with Crippen LogP contribution in [-0.4, -0.2) is 26.8 Å². The van der Waals surface area contributed by atoms with E-state index in [9.17, 15) is 9.59 Å². The fraction of sp³-hybridized carbons (Fsp3) is 0.375. The number of amides is 2. The van der Waals surface area contributed by atoms with Crippen molar-refractivity contribution in [3.05, 3.63) is 35.5 Å². The molecule has 0 bridgehead atoms. The molecule has 2 aromatic rings. The quantitative estimate of drug-likeness (QED) is 0.882. The minimum Gasteiger partial charge on any atom is -0.324 e. The van der Waals surface area contributed by atoms with Gasteiger partial charge in [-0.2, -0.15) is 0 Å². The third-order valence-corrected chi connectivity index (χ3v) is 3.92. The van der Waals surface area contributed by atoms with E-state index < -0.39 is 0 Å². The predicted molar refractivity (Wildman–Crippen MR) is 85.9 cm³/mol. The van der Waals surface area contributed by atoms with Crippen molar-refractivity contribution in [2.45, 2.75) is 33.2 Å². The van der Waals surface area contributed by atoms with Gasteiger partial charge in [-0.1, -0.05) is 17.3 Å². The predicted octanol–water partition coefficient (Wildman–Crippen LogP) is 1.88. The van der Waals surface area contributed by atoms with E-state index in [0.717, 1.165) is 29.7 Å². The second-order valence-corrected chi connectivity index (χ2v) is 5.86. The molecule has 1 fully saturated rings. The van der Waals surface area contributed by atoms with E-state index in [1.54, 1.807) is 6.20 Å². The van der Waals surface area contributed by atoms with Crippen LogP contribution in [0.3, 0.4) is 0 Å². The number of carbonyl (C=O) groups excluding carboxylic acids is 2. The summed E-state index contributed by atoms with van der Waals surface area (Å²) in [6, 6.07) is 5.76. The molecule has 0 spiro atoms. The molecule has 7 heteroatoms. The average molecular weight is 313 g/mol. The monoisotopic (exact) mass is 313 g/mol. The van der Waals surface area contributed by atoms with Crippen molar-refractivity contribution in [2.75, 3.05) is 10.6 Å². The number of carbonyl (C=O) groups is 2. The van der Waals surface area contributed by atoms with Gasteiger partial charge in [-0.05, 0) is 43.9 Å². The molecule has 0 unspecified atom stereocenters. The van der Waals surface area contributed by atoms with E-state index in [0.29, 0.717) is 5.82 Å². The van der Waals surface area contributed by atoms with Crippen LogP contribution in [0.5, 0.6) is 0 Å². The second kappa shape index (κ2) is 6.20. The summed E-state index contributed by atoms with van der Waals surface area (Å²) in [6.07, 6.45) is 3.42. The lowest BCUT2D eigenvalue weighted by molar-refractivity contribution is -0.117. The van der Waals surface area contributed by atoms with Crippen LogP contribution in [-0.2, 0) is 16.1 Å². The molecule has 1 aromatic carbocycles. The number of hydrogen-bond donors (Lipinski definition) is 2. The zero-order valence-electron chi connectivity index (χ0n) is 13.2. The smallest absolute Gasteiger partial charge is 0.246 e. The molecule has 1 aliphatic carbocycles. The summed E-state index contributed by atoms with van der Waals surface area (Å²) in [6.45, 7) is 4.00. The second-order valence-electron chi connectivity index (χ2n) is 5.86. The maximum atomic E-state index is 12.1. The molecule has 1 aliphatic rings. The number of nitrogens with zero attached hydrogens (tertiary/aromatic N) is 3. The summed E-state index contributed by atoms with van der Waals surface area (Å²) < 4.78 is 1.41. The summed E-state index contributed by atoms with van der Waals surface area (Å²) in [5.74, 6) is 0.259. The van der Waals surface area contributed by atoms with E-state index in [4.69, 9.17) is 0 Å². The van der Waals surface area contributed by atoms with Crippen LogP contribution in [0.4, 0.5) is 11.5 Å². The highest BCUT2D eigenvalue weighted by molar-refractivity contribution is 5.93.